The van der Waals surface area contributed by atoms with Gasteiger partial charge >= 0.3 is 7.82 Å². The molecule has 21 heavy (non-hydrogen) atoms. The summed E-state index contributed by atoms with van der Waals surface area (Å²) in [7, 11) is -3.47. The van der Waals surface area contributed by atoms with Crippen LogP contribution < -0.4 is 0 Å². The molecule has 2 rings (SSSR count). The monoisotopic (exact) mass is 310 g/mol. The van der Waals surface area contributed by atoms with Gasteiger partial charge < -0.3 is 4.52 Å². The minimum absolute atomic E-state index is 0.298. The van der Waals surface area contributed by atoms with Crippen LogP contribution in [0, 0.1) is 0 Å². The summed E-state index contributed by atoms with van der Waals surface area (Å²) in [4.78, 5) is 0. The second-order valence-electron chi connectivity index (χ2n) is 4.92. The molecule has 0 bridgehead atoms. The summed E-state index contributed by atoms with van der Waals surface area (Å²) in [5.74, 6) is 1.01. The van der Waals surface area contributed by atoms with Crippen molar-refractivity contribution in [3.8, 4) is 0 Å². The molecule has 1 atom stereocenters. The molecular formula is C16H23O4P. The Morgan fingerprint density at radius 1 is 1.14 bits per heavy atom. The fraction of sp³-hybridized carbons (Fsp3) is 0.500. The molecule has 1 aliphatic rings. The Bertz CT molecular complexity index is 502. The van der Waals surface area contributed by atoms with Crippen molar-refractivity contribution in [2.45, 2.75) is 39.0 Å². The van der Waals surface area contributed by atoms with Crippen LogP contribution in [0.25, 0.3) is 0 Å². The van der Waals surface area contributed by atoms with Crippen molar-refractivity contribution in [2.24, 2.45) is 0 Å². The Hall–Kier alpha value is -1.09. The van der Waals surface area contributed by atoms with E-state index in [9.17, 15) is 4.57 Å². The van der Waals surface area contributed by atoms with Crippen molar-refractivity contribution in [1.29, 1.82) is 0 Å². The Labute approximate surface area is 126 Å². The van der Waals surface area contributed by atoms with Crippen LogP contribution in [0.2, 0.25) is 0 Å². The number of hydrogen-bond acceptors (Lipinski definition) is 4. The van der Waals surface area contributed by atoms with Gasteiger partial charge in [0.1, 0.15) is 5.76 Å². The summed E-state index contributed by atoms with van der Waals surface area (Å²) in [5, 5.41) is 0. The third kappa shape index (κ3) is 4.70. The first-order chi connectivity index (χ1) is 10.2. The molecule has 4 nitrogen and oxygen atoms in total. The summed E-state index contributed by atoms with van der Waals surface area (Å²) in [5.41, 5.74) is 1.25. The van der Waals surface area contributed by atoms with Crippen LogP contribution in [-0.4, -0.2) is 13.2 Å². The van der Waals surface area contributed by atoms with Gasteiger partial charge in [0.05, 0.1) is 13.2 Å². The molecule has 0 saturated heterocycles. The maximum absolute atomic E-state index is 12.4. The lowest BCUT2D eigenvalue weighted by atomic mass is 9.89. The lowest BCUT2D eigenvalue weighted by Gasteiger charge is -2.24. The van der Waals surface area contributed by atoms with Crippen molar-refractivity contribution < 1.29 is 18.1 Å². The second kappa shape index (κ2) is 7.79. The number of hydrogen-bond donors (Lipinski definition) is 0. The van der Waals surface area contributed by atoms with Crippen LogP contribution in [0.3, 0.4) is 0 Å². The topological polar surface area (TPSA) is 44.8 Å². The number of rotatable bonds is 7. The molecular weight excluding hydrogens is 287 g/mol. The van der Waals surface area contributed by atoms with Crippen LogP contribution in [0.1, 0.15) is 44.6 Å². The van der Waals surface area contributed by atoms with Gasteiger partial charge in [0.25, 0.3) is 0 Å². The van der Waals surface area contributed by atoms with Gasteiger partial charge in [-0.3, -0.25) is 9.05 Å². The van der Waals surface area contributed by atoms with Gasteiger partial charge in [-0.25, -0.2) is 4.57 Å². The minimum Gasteiger partial charge on any atom is -0.409 e. The molecule has 1 aliphatic carbocycles. The molecule has 1 aromatic carbocycles. The number of phosphoric ester groups is 1. The molecule has 0 aromatic heterocycles. The molecule has 0 N–H and O–H groups in total. The molecule has 1 aromatic rings. The Morgan fingerprint density at radius 2 is 1.81 bits per heavy atom. The van der Waals surface area contributed by atoms with E-state index in [0.29, 0.717) is 24.9 Å². The van der Waals surface area contributed by atoms with Gasteiger partial charge in [-0.05, 0) is 38.3 Å². The predicted octanol–water partition coefficient (Wildman–Crippen LogP) is 5.04. The van der Waals surface area contributed by atoms with E-state index in [1.54, 1.807) is 13.8 Å². The maximum Gasteiger partial charge on any atom is 0.529 e. The fourth-order valence-corrected chi connectivity index (χ4v) is 3.73. The van der Waals surface area contributed by atoms with E-state index < -0.39 is 7.82 Å². The third-order valence-electron chi connectivity index (χ3n) is 3.36. The molecule has 0 fully saturated rings. The standard InChI is InChI=1S/C16H23O4P/c1-3-18-21(17,19-4-2)20-16-12-8-11-15(13-16)14-9-6-5-7-10-14/h5-7,9-10,13,15H,3-4,8,11-12H2,1-2H3/t15-/m0/s1. The normalized spacial score (nSPS) is 19.1. The largest absolute Gasteiger partial charge is 0.529 e. The van der Waals surface area contributed by atoms with Gasteiger partial charge in [0, 0.05) is 12.3 Å². The van der Waals surface area contributed by atoms with Crippen molar-refractivity contribution >= 4 is 7.82 Å². The van der Waals surface area contributed by atoms with Crippen LogP contribution in [0.5, 0.6) is 0 Å². The third-order valence-corrected chi connectivity index (χ3v) is 4.96. The van der Waals surface area contributed by atoms with E-state index in [1.807, 2.05) is 24.3 Å². The first kappa shape index (κ1) is 16.3. The van der Waals surface area contributed by atoms with Crippen molar-refractivity contribution in [2.75, 3.05) is 13.2 Å². The molecule has 0 saturated carbocycles. The van der Waals surface area contributed by atoms with Gasteiger partial charge in [0.2, 0.25) is 0 Å². The van der Waals surface area contributed by atoms with Crippen LogP contribution >= 0.6 is 7.82 Å². The van der Waals surface area contributed by atoms with Crippen molar-refractivity contribution in [3.05, 3.63) is 47.7 Å². The highest BCUT2D eigenvalue weighted by molar-refractivity contribution is 7.48. The van der Waals surface area contributed by atoms with Crippen LogP contribution in [0.4, 0.5) is 0 Å². The molecule has 0 spiro atoms. The van der Waals surface area contributed by atoms with E-state index in [-0.39, 0.29) is 0 Å². The number of benzene rings is 1. The minimum atomic E-state index is -3.47. The highest BCUT2D eigenvalue weighted by atomic mass is 31.2. The summed E-state index contributed by atoms with van der Waals surface area (Å²) in [6, 6.07) is 10.3. The first-order valence-corrected chi connectivity index (χ1v) is 8.97. The molecule has 5 heteroatoms. The summed E-state index contributed by atoms with van der Waals surface area (Å²) < 4.78 is 28.4. The molecule has 0 heterocycles. The van der Waals surface area contributed by atoms with Crippen molar-refractivity contribution in [3.63, 3.8) is 0 Å². The van der Waals surface area contributed by atoms with Gasteiger partial charge in [-0.1, -0.05) is 30.3 Å². The zero-order chi connectivity index (χ0) is 15.1. The average molecular weight is 310 g/mol. The van der Waals surface area contributed by atoms with E-state index in [2.05, 4.69) is 12.1 Å². The number of allylic oxidation sites excluding steroid dienone is 2. The number of phosphoric acid groups is 1. The molecule has 0 aliphatic heterocycles. The predicted molar refractivity (Wildman–Crippen MR) is 83.1 cm³/mol. The highest BCUT2D eigenvalue weighted by Crippen LogP contribution is 2.52. The molecule has 0 radical (unpaired) electrons. The average Bonchev–Trinajstić information content (AvgIpc) is 2.49. The fourth-order valence-electron chi connectivity index (χ4n) is 2.48. The van der Waals surface area contributed by atoms with Gasteiger partial charge in [-0.2, -0.15) is 0 Å². The molecule has 0 unspecified atom stereocenters. The smallest absolute Gasteiger partial charge is 0.409 e. The SMILES string of the molecule is CCOP(=O)(OCC)OC1=C[C@@H](c2ccccc2)CCC1. The highest BCUT2D eigenvalue weighted by Gasteiger charge is 2.29. The zero-order valence-corrected chi connectivity index (χ0v) is 13.6. The van der Waals surface area contributed by atoms with E-state index in [1.165, 1.54) is 5.56 Å². The Kier molecular flexibility index (Phi) is 6.04. The Balaban J connectivity index is 2.11. The maximum atomic E-state index is 12.4. The van der Waals surface area contributed by atoms with E-state index >= 15 is 0 Å². The molecule has 0 amide bonds. The summed E-state index contributed by atoms with van der Waals surface area (Å²) >= 11 is 0. The first-order valence-electron chi connectivity index (χ1n) is 7.51. The summed E-state index contributed by atoms with van der Waals surface area (Å²) in [6.45, 7) is 4.15. The zero-order valence-electron chi connectivity index (χ0n) is 12.7. The lowest BCUT2D eigenvalue weighted by Crippen LogP contribution is -2.07. The van der Waals surface area contributed by atoms with Gasteiger partial charge in [0.15, 0.2) is 0 Å². The Morgan fingerprint density at radius 3 is 2.43 bits per heavy atom. The van der Waals surface area contributed by atoms with Crippen molar-refractivity contribution in [1.82, 2.24) is 0 Å². The molecule has 116 valence electrons. The lowest BCUT2D eigenvalue weighted by molar-refractivity contribution is 0.141. The second-order valence-corrected chi connectivity index (χ2v) is 6.51. The van der Waals surface area contributed by atoms with E-state index in [0.717, 1.165) is 19.3 Å². The summed E-state index contributed by atoms with van der Waals surface area (Å²) in [6.07, 6.45) is 4.89. The van der Waals surface area contributed by atoms with E-state index in [4.69, 9.17) is 13.6 Å². The van der Waals surface area contributed by atoms with Gasteiger partial charge in [-0.15, -0.1) is 0 Å². The van der Waals surface area contributed by atoms with Crippen LogP contribution in [0.15, 0.2) is 42.2 Å². The quantitative estimate of drug-likeness (QED) is 0.662. The van der Waals surface area contributed by atoms with Crippen LogP contribution in [-0.2, 0) is 18.1 Å².